The first-order valence-electron chi connectivity index (χ1n) is 7.74. The largest absolute Gasteiger partial charge is 0.489 e. The smallest absolute Gasteiger partial charge is 0.326 e. The van der Waals surface area contributed by atoms with Crippen LogP contribution in [0.15, 0.2) is 42.7 Å². The summed E-state index contributed by atoms with van der Waals surface area (Å²) in [5.41, 5.74) is 0.0181. The number of ether oxygens (including phenoxy) is 3. The lowest BCUT2D eigenvalue weighted by atomic mass is 9.96. The summed E-state index contributed by atoms with van der Waals surface area (Å²) in [7, 11) is 0. The Morgan fingerprint density at radius 2 is 1.92 bits per heavy atom. The number of carbonyl (C=O) groups excluding carboxylic acids is 1. The van der Waals surface area contributed by atoms with Crippen LogP contribution in [0.25, 0.3) is 0 Å². The van der Waals surface area contributed by atoms with E-state index in [0.29, 0.717) is 0 Å². The van der Waals surface area contributed by atoms with Gasteiger partial charge in [-0.3, -0.25) is 4.79 Å². The van der Waals surface area contributed by atoms with Gasteiger partial charge in [0, 0.05) is 0 Å². The maximum absolute atomic E-state index is 14.5. The molecule has 0 unspecified atom stereocenters. The van der Waals surface area contributed by atoms with Crippen LogP contribution in [0.2, 0.25) is 0 Å². The number of carbonyl (C=O) groups is 1. The fraction of sp³-hybridized carbons (Fsp3) is 0.500. The normalized spacial score (nSPS) is 22.7. The summed E-state index contributed by atoms with van der Waals surface area (Å²) >= 11 is 0. The Morgan fingerprint density at radius 1 is 1.25 bits per heavy atom. The Bertz CT molecular complexity index is 578. The molecule has 0 aliphatic carbocycles. The lowest BCUT2D eigenvalue weighted by Gasteiger charge is -2.35. The van der Waals surface area contributed by atoms with E-state index in [1.807, 2.05) is 30.3 Å². The summed E-state index contributed by atoms with van der Waals surface area (Å²) in [6.45, 7) is 4.72. The van der Waals surface area contributed by atoms with Crippen LogP contribution in [0, 0.1) is 5.41 Å². The minimum absolute atomic E-state index is 0.201. The lowest BCUT2D eigenvalue weighted by Crippen LogP contribution is -2.51. The van der Waals surface area contributed by atoms with Crippen molar-refractivity contribution in [3.8, 4) is 0 Å². The Balaban J connectivity index is 1.94. The molecule has 1 aliphatic heterocycles. The molecule has 132 valence electrons. The molecule has 6 heteroatoms. The van der Waals surface area contributed by atoms with E-state index < -0.39 is 29.5 Å². The van der Waals surface area contributed by atoms with Crippen molar-refractivity contribution in [1.29, 1.82) is 0 Å². The van der Waals surface area contributed by atoms with Gasteiger partial charge in [-0.15, -0.1) is 0 Å². The molecule has 4 nitrogen and oxygen atoms in total. The highest BCUT2D eigenvalue weighted by Crippen LogP contribution is 2.34. The van der Waals surface area contributed by atoms with E-state index in [1.165, 1.54) is 0 Å². The second-order valence-electron chi connectivity index (χ2n) is 6.70. The zero-order valence-corrected chi connectivity index (χ0v) is 14.0. The van der Waals surface area contributed by atoms with Crippen LogP contribution >= 0.6 is 0 Å². The second kappa shape index (κ2) is 7.30. The standard InChI is InChI=1S/C18H22F2O4/c1-17(2,3)16(21)24-14-9-10-23-15(18(14,19)20)12-22-11-13-7-5-4-6-8-13/h4-10,14-15H,11-12H2,1-3H3/t14-,15+/m0/s1. The van der Waals surface area contributed by atoms with Gasteiger partial charge in [-0.2, -0.15) is 8.78 Å². The Labute approximate surface area is 140 Å². The molecule has 24 heavy (non-hydrogen) atoms. The van der Waals surface area contributed by atoms with Crippen LogP contribution < -0.4 is 0 Å². The first kappa shape index (κ1) is 18.4. The fourth-order valence-corrected chi connectivity index (χ4v) is 2.03. The molecular weight excluding hydrogens is 318 g/mol. The van der Waals surface area contributed by atoms with E-state index in [0.717, 1.165) is 17.9 Å². The third-order valence-electron chi connectivity index (χ3n) is 3.53. The van der Waals surface area contributed by atoms with Crippen LogP contribution in [0.5, 0.6) is 0 Å². The molecule has 1 heterocycles. The zero-order chi connectivity index (χ0) is 17.8. The quantitative estimate of drug-likeness (QED) is 0.767. The first-order chi connectivity index (χ1) is 11.2. The van der Waals surface area contributed by atoms with Crippen molar-refractivity contribution in [3.63, 3.8) is 0 Å². The maximum Gasteiger partial charge on any atom is 0.326 e. The van der Waals surface area contributed by atoms with Crippen LogP contribution in [-0.2, 0) is 25.6 Å². The number of alkyl halides is 2. The van der Waals surface area contributed by atoms with Gasteiger partial charge in [0.1, 0.15) is 0 Å². The van der Waals surface area contributed by atoms with Crippen molar-refractivity contribution in [1.82, 2.24) is 0 Å². The first-order valence-corrected chi connectivity index (χ1v) is 7.74. The number of benzene rings is 1. The summed E-state index contributed by atoms with van der Waals surface area (Å²) < 4.78 is 44.2. The van der Waals surface area contributed by atoms with Gasteiger partial charge in [0.25, 0.3) is 0 Å². The second-order valence-corrected chi connectivity index (χ2v) is 6.70. The van der Waals surface area contributed by atoms with E-state index >= 15 is 0 Å². The molecule has 0 radical (unpaired) electrons. The van der Waals surface area contributed by atoms with Crippen LogP contribution in [-0.4, -0.2) is 30.7 Å². The van der Waals surface area contributed by atoms with E-state index in [-0.39, 0.29) is 13.2 Å². The Morgan fingerprint density at radius 3 is 2.54 bits per heavy atom. The van der Waals surface area contributed by atoms with Crippen LogP contribution in [0.1, 0.15) is 26.3 Å². The Hall–Kier alpha value is -1.95. The van der Waals surface area contributed by atoms with E-state index in [2.05, 4.69) is 0 Å². The monoisotopic (exact) mass is 340 g/mol. The summed E-state index contributed by atoms with van der Waals surface area (Å²) in [5, 5.41) is 0. The average Bonchev–Trinajstić information content (AvgIpc) is 2.51. The molecule has 0 saturated heterocycles. The van der Waals surface area contributed by atoms with Crippen LogP contribution in [0.4, 0.5) is 8.78 Å². The van der Waals surface area contributed by atoms with Crippen molar-refractivity contribution in [2.24, 2.45) is 5.41 Å². The maximum atomic E-state index is 14.5. The molecule has 0 bridgehead atoms. The predicted octanol–water partition coefficient (Wildman–Crippen LogP) is 3.71. The molecule has 0 fully saturated rings. The van der Waals surface area contributed by atoms with Gasteiger partial charge < -0.3 is 14.2 Å². The minimum Gasteiger partial charge on any atom is -0.489 e. The summed E-state index contributed by atoms with van der Waals surface area (Å²) in [5.74, 6) is -4.06. The molecule has 0 amide bonds. The zero-order valence-electron chi connectivity index (χ0n) is 14.0. The van der Waals surface area contributed by atoms with Gasteiger partial charge in [0.15, 0.2) is 12.2 Å². The van der Waals surface area contributed by atoms with Gasteiger partial charge in [-0.25, -0.2) is 0 Å². The number of esters is 1. The number of halogens is 2. The lowest BCUT2D eigenvalue weighted by molar-refractivity contribution is -0.212. The third-order valence-corrected chi connectivity index (χ3v) is 3.53. The minimum atomic E-state index is -3.37. The number of hydrogen-bond acceptors (Lipinski definition) is 4. The predicted molar refractivity (Wildman–Crippen MR) is 84.4 cm³/mol. The van der Waals surface area contributed by atoms with E-state index in [1.54, 1.807) is 20.8 Å². The molecule has 1 aromatic rings. The molecule has 0 saturated carbocycles. The fourth-order valence-electron chi connectivity index (χ4n) is 2.03. The highest BCUT2D eigenvalue weighted by atomic mass is 19.3. The molecule has 0 N–H and O–H groups in total. The van der Waals surface area contributed by atoms with Crippen molar-refractivity contribution in [2.45, 2.75) is 45.5 Å². The topological polar surface area (TPSA) is 44.8 Å². The molecule has 0 spiro atoms. The number of hydrogen-bond donors (Lipinski definition) is 0. The summed E-state index contributed by atoms with van der Waals surface area (Å²) in [6, 6.07) is 9.23. The molecule has 2 atom stereocenters. The molecule has 2 rings (SSSR count). The van der Waals surface area contributed by atoms with Gasteiger partial charge >= 0.3 is 11.9 Å². The van der Waals surface area contributed by atoms with Gasteiger partial charge in [0.2, 0.25) is 0 Å². The van der Waals surface area contributed by atoms with Gasteiger partial charge in [-0.1, -0.05) is 30.3 Å². The van der Waals surface area contributed by atoms with Crippen molar-refractivity contribution in [3.05, 3.63) is 48.2 Å². The van der Waals surface area contributed by atoms with Crippen molar-refractivity contribution >= 4 is 5.97 Å². The van der Waals surface area contributed by atoms with Crippen molar-refractivity contribution < 1.29 is 27.8 Å². The molecule has 1 aromatic carbocycles. The van der Waals surface area contributed by atoms with E-state index in [4.69, 9.17) is 14.2 Å². The van der Waals surface area contributed by atoms with Gasteiger partial charge in [0.05, 0.1) is 24.9 Å². The molecule has 1 aliphatic rings. The Kier molecular flexibility index (Phi) is 5.59. The molecule has 0 aromatic heterocycles. The van der Waals surface area contributed by atoms with E-state index in [9.17, 15) is 13.6 Å². The van der Waals surface area contributed by atoms with Gasteiger partial charge in [-0.05, 0) is 32.4 Å². The van der Waals surface area contributed by atoms with Crippen molar-refractivity contribution in [2.75, 3.05) is 6.61 Å². The molecular formula is C18H22F2O4. The highest BCUT2D eigenvalue weighted by molar-refractivity contribution is 5.75. The summed E-state index contributed by atoms with van der Waals surface area (Å²) in [6.07, 6.45) is -0.987. The highest BCUT2D eigenvalue weighted by Gasteiger charge is 2.52. The van der Waals surface area contributed by atoms with Crippen LogP contribution in [0.3, 0.4) is 0 Å². The SMILES string of the molecule is CC(C)(C)C(=O)O[C@H]1C=CO[C@H](COCc2ccccc2)C1(F)F. The third kappa shape index (κ3) is 4.54. The summed E-state index contributed by atoms with van der Waals surface area (Å²) in [4.78, 5) is 11.9. The number of rotatable bonds is 5. The average molecular weight is 340 g/mol.